The van der Waals surface area contributed by atoms with E-state index in [0.717, 1.165) is 6.04 Å². The maximum Gasteiger partial charge on any atom is 0.00673 e. The maximum atomic E-state index is 3.79. The van der Waals surface area contributed by atoms with Gasteiger partial charge in [-0.3, -0.25) is 0 Å². The van der Waals surface area contributed by atoms with Gasteiger partial charge in [0.05, 0.1) is 0 Å². The van der Waals surface area contributed by atoms with Gasteiger partial charge in [-0.15, -0.1) is 0 Å². The molecule has 1 aliphatic carbocycles. The Balaban J connectivity index is 1.80. The fraction of sp³-hybridized carbons (Fsp3) is 1.00. The van der Waals surface area contributed by atoms with Crippen LogP contribution >= 0.6 is 0 Å². The van der Waals surface area contributed by atoms with E-state index in [9.17, 15) is 0 Å². The van der Waals surface area contributed by atoms with Crippen molar-refractivity contribution in [3.8, 4) is 0 Å². The van der Waals surface area contributed by atoms with Gasteiger partial charge in [-0.1, -0.05) is 19.8 Å². The number of hydrogen-bond acceptors (Lipinski definition) is 2. The average Bonchev–Trinajstić information content (AvgIpc) is 2.17. The molecule has 2 N–H and O–H groups in total. The second-order valence-corrected chi connectivity index (χ2v) is 5.51. The summed E-state index contributed by atoms with van der Waals surface area (Å²) in [4.78, 5) is 0. The smallest absolute Gasteiger partial charge is 0.00673 e. The van der Waals surface area contributed by atoms with Crippen molar-refractivity contribution >= 4 is 0 Å². The Morgan fingerprint density at radius 3 is 2.53 bits per heavy atom. The second-order valence-electron chi connectivity index (χ2n) is 5.51. The largest absolute Gasteiger partial charge is 0.317 e. The SMILES string of the molecule is CCCC1(CNC2CCC2)CCNCC1. The van der Waals surface area contributed by atoms with Gasteiger partial charge in [0.1, 0.15) is 0 Å². The number of piperidine rings is 1. The molecule has 0 spiro atoms. The predicted molar refractivity (Wildman–Crippen MR) is 65.1 cm³/mol. The Morgan fingerprint density at radius 2 is 2.00 bits per heavy atom. The first-order chi connectivity index (χ1) is 7.35. The van der Waals surface area contributed by atoms with E-state index in [1.165, 1.54) is 64.6 Å². The minimum atomic E-state index is 0.621. The molecule has 0 aromatic heterocycles. The Hall–Kier alpha value is -0.0800. The van der Waals surface area contributed by atoms with Crippen LogP contribution in [0.3, 0.4) is 0 Å². The van der Waals surface area contributed by atoms with Crippen LogP contribution < -0.4 is 10.6 Å². The zero-order valence-corrected chi connectivity index (χ0v) is 10.1. The lowest BCUT2D eigenvalue weighted by atomic mass is 9.75. The highest BCUT2D eigenvalue weighted by molar-refractivity contribution is 4.88. The third-order valence-electron chi connectivity index (χ3n) is 4.32. The zero-order chi connectivity index (χ0) is 10.6. The van der Waals surface area contributed by atoms with Crippen molar-refractivity contribution in [1.29, 1.82) is 0 Å². The highest BCUT2D eigenvalue weighted by Crippen LogP contribution is 2.34. The number of rotatable bonds is 5. The van der Waals surface area contributed by atoms with Crippen molar-refractivity contribution in [2.75, 3.05) is 19.6 Å². The molecule has 0 aromatic carbocycles. The molecule has 0 atom stereocenters. The zero-order valence-electron chi connectivity index (χ0n) is 10.1. The normalized spacial score (nSPS) is 26.2. The van der Waals surface area contributed by atoms with Crippen LogP contribution in [0.2, 0.25) is 0 Å². The first-order valence-corrected chi connectivity index (χ1v) is 6.79. The summed E-state index contributed by atoms with van der Waals surface area (Å²) < 4.78 is 0. The van der Waals surface area contributed by atoms with Gasteiger partial charge in [-0.25, -0.2) is 0 Å². The lowest BCUT2D eigenvalue weighted by Crippen LogP contribution is -2.47. The molecule has 0 unspecified atom stereocenters. The van der Waals surface area contributed by atoms with Gasteiger partial charge in [-0.2, -0.15) is 0 Å². The van der Waals surface area contributed by atoms with Crippen LogP contribution in [0.1, 0.15) is 51.9 Å². The molecule has 2 heteroatoms. The molecule has 0 radical (unpaired) electrons. The first-order valence-electron chi connectivity index (χ1n) is 6.79. The molecule has 1 heterocycles. The topological polar surface area (TPSA) is 24.1 Å². The van der Waals surface area contributed by atoms with Gasteiger partial charge in [0.25, 0.3) is 0 Å². The van der Waals surface area contributed by atoms with E-state index in [1.54, 1.807) is 0 Å². The molecule has 0 amide bonds. The summed E-state index contributed by atoms with van der Waals surface area (Å²) in [5.74, 6) is 0. The molecule has 0 bridgehead atoms. The summed E-state index contributed by atoms with van der Waals surface area (Å²) in [6.07, 6.45) is 9.78. The Bertz CT molecular complexity index is 175. The van der Waals surface area contributed by atoms with Crippen LogP contribution in [0.15, 0.2) is 0 Å². The lowest BCUT2D eigenvalue weighted by Gasteiger charge is -2.40. The molecule has 2 rings (SSSR count). The van der Waals surface area contributed by atoms with Crippen molar-refractivity contribution in [2.24, 2.45) is 5.41 Å². The van der Waals surface area contributed by atoms with Gasteiger partial charge in [0.15, 0.2) is 0 Å². The molecule has 1 saturated carbocycles. The van der Waals surface area contributed by atoms with E-state index < -0.39 is 0 Å². The van der Waals surface area contributed by atoms with Crippen molar-refractivity contribution in [1.82, 2.24) is 10.6 Å². The van der Waals surface area contributed by atoms with Crippen molar-refractivity contribution < 1.29 is 0 Å². The van der Waals surface area contributed by atoms with Crippen molar-refractivity contribution in [3.63, 3.8) is 0 Å². The van der Waals surface area contributed by atoms with E-state index in [4.69, 9.17) is 0 Å². The first kappa shape index (κ1) is 11.4. The molecule has 1 aliphatic heterocycles. The third-order valence-corrected chi connectivity index (χ3v) is 4.32. The van der Waals surface area contributed by atoms with E-state index in [1.807, 2.05) is 0 Å². The van der Waals surface area contributed by atoms with Gasteiger partial charge in [-0.05, 0) is 50.6 Å². The second kappa shape index (κ2) is 5.31. The average molecular weight is 210 g/mol. The molecule has 15 heavy (non-hydrogen) atoms. The third kappa shape index (κ3) is 2.94. The molecule has 2 aliphatic rings. The highest BCUT2D eigenvalue weighted by atomic mass is 15.0. The molecular weight excluding hydrogens is 184 g/mol. The standard InChI is InChI=1S/C13H26N2/c1-2-6-13(7-9-14-10-8-13)11-15-12-4-3-5-12/h12,14-15H,2-11H2,1H3. The summed E-state index contributed by atoms with van der Waals surface area (Å²) >= 11 is 0. The van der Waals surface area contributed by atoms with Crippen LogP contribution in [-0.4, -0.2) is 25.7 Å². The Morgan fingerprint density at radius 1 is 1.27 bits per heavy atom. The Kier molecular flexibility index (Phi) is 4.04. The molecule has 0 aromatic rings. The molecule has 2 nitrogen and oxygen atoms in total. The van der Waals surface area contributed by atoms with Gasteiger partial charge < -0.3 is 10.6 Å². The molecule has 1 saturated heterocycles. The van der Waals surface area contributed by atoms with Crippen LogP contribution in [0.4, 0.5) is 0 Å². The number of hydrogen-bond donors (Lipinski definition) is 2. The van der Waals surface area contributed by atoms with Gasteiger partial charge >= 0.3 is 0 Å². The molecule has 2 fully saturated rings. The highest BCUT2D eigenvalue weighted by Gasteiger charge is 2.32. The summed E-state index contributed by atoms with van der Waals surface area (Å²) in [7, 11) is 0. The number of nitrogens with one attached hydrogen (secondary N) is 2. The van der Waals surface area contributed by atoms with Gasteiger partial charge in [0, 0.05) is 12.6 Å². The summed E-state index contributed by atoms with van der Waals surface area (Å²) in [6, 6.07) is 0.855. The van der Waals surface area contributed by atoms with E-state index in [2.05, 4.69) is 17.6 Å². The monoisotopic (exact) mass is 210 g/mol. The lowest BCUT2D eigenvalue weighted by molar-refractivity contribution is 0.159. The summed E-state index contributed by atoms with van der Waals surface area (Å²) in [5.41, 5.74) is 0.621. The van der Waals surface area contributed by atoms with E-state index in [-0.39, 0.29) is 0 Å². The van der Waals surface area contributed by atoms with Crippen LogP contribution in [0, 0.1) is 5.41 Å². The van der Waals surface area contributed by atoms with Crippen LogP contribution in [0.5, 0.6) is 0 Å². The Labute approximate surface area is 94.2 Å². The maximum absolute atomic E-state index is 3.79. The minimum absolute atomic E-state index is 0.621. The van der Waals surface area contributed by atoms with Crippen LogP contribution in [0.25, 0.3) is 0 Å². The van der Waals surface area contributed by atoms with E-state index >= 15 is 0 Å². The minimum Gasteiger partial charge on any atom is -0.317 e. The van der Waals surface area contributed by atoms with Crippen molar-refractivity contribution in [3.05, 3.63) is 0 Å². The van der Waals surface area contributed by atoms with E-state index in [0.29, 0.717) is 5.41 Å². The predicted octanol–water partition coefficient (Wildman–Crippen LogP) is 2.30. The molecule has 88 valence electrons. The van der Waals surface area contributed by atoms with Gasteiger partial charge in [0.2, 0.25) is 0 Å². The quantitative estimate of drug-likeness (QED) is 0.727. The summed E-state index contributed by atoms with van der Waals surface area (Å²) in [5, 5.41) is 7.27. The summed E-state index contributed by atoms with van der Waals surface area (Å²) in [6.45, 7) is 6.05. The van der Waals surface area contributed by atoms with Crippen LogP contribution in [-0.2, 0) is 0 Å². The molecular formula is C13H26N2. The fourth-order valence-corrected chi connectivity index (χ4v) is 2.98. The fourth-order valence-electron chi connectivity index (χ4n) is 2.98. The van der Waals surface area contributed by atoms with Crippen molar-refractivity contribution in [2.45, 2.75) is 57.9 Å².